The van der Waals surface area contributed by atoms with Crippen molar-refractivity contribution in [2.45, 2.75) is 25.9 Å². The first-order valence-electron chi connectivity index (χ1n) is 11.9. The number of hydrogen-bond donors (Lipinski definition) is 2. The van der Waals surface area contributed by atoms with Crippen molar-refractivity contribution in [1.29, 1.82) is 0 Å². The van der Waals surface area contributed by atoms with Crippen LogP contribution in [0.15, 0.2) is 66.7 Å². The molecule has 34 heavy (non-hydrogen) atoms. The molecule has 180 valence electrons. The van der Waals surface area contributed by atoms with Gasteiger partial charge in [-0.05, 0) is 74.7 Å². The second-order valence-corrected chi connectivity index (χ2v) is 9.19. The molecule has 4 aromatic rings. The number of β-amino-alcohol motifs (C(OH)–C–C–N with tert-alkyl or cyclic N) is 1. The van der Waals surface area contributed by atoms with Gasteiger partial charge >= 0.3 is 0 Å². The number of ether oxygens (including phenoxy) is 2. The minimum absolute atomic E-state index is 0. The van der Waals surface area contributed by atoms with Gasteiger partial charge in [0.1, 0.15) is 24.2 Å². The molecular formula is C28H33ClN2O3. The number of benzene rings is 3. The molecular weight excluding hydrogens is 448 g/mol. The molecule has 0 radical (unpaired) electrons. The SMILES string of the molecule is Cc1cccc(OCC2CCN(CC(O)COc3cccc4[nH]c5ccccc5c34)CC2)c1.Cl. The van der Waals surface area contributed by atoms with Gasteiger partial charge in [-0.2, -0.15) is 0 Å². The first-order valence-corrected chi connectivity index (χ1v) is 11.9. The second-order valence-electron chi connectivity index (χ2n) is 9.19. The van der Waals surface area contributed by atoms with Gasteiger partial charge in [0.15, 0.2) is 0 Å². The van der Waals surface area contributed by atoms with Gasteiger partial charge in [-0.1, -0.05) is 36.4 Å². The normalized spacial score (nSPS) is 15.8. The molecule has 6 heteroatoms. The van der Waals surface area contributed by atoms with Crippen LogP contribution >= 0.6 is 12.4 Å². The Hall–Kier alpha value is -2.73. The highest BCUT2D eigenvalue weighted by Crippen LogP contribution is 2.33. The third kappa shape index (κ3) is 5.66. The van der Waals surface area contributed by atoms with E-state index in [0.29, 0.717) is 12.5 Å². The molecule has 0 aliphatic carbocycles. The van der Waals surface area contributed by atoms with E-state index in [1.54, 1.807) is 0 Å². The average Bonchev–Trinajstić information content (AvgIpc) is 3.22. The fraction of sp³-hybridized carbons (Fsp3) is 0.357. The molecule has 0 bridgehead atoms. The van der Waals surface area contributed by atoms with Crippen molar-refractivity contribution in [3.05, 3.63) is 72.3 Å². The van der Waals surface area contributed by atoms with Crippen LogP contribution in [0.25, 0.3) is 21.8 Å². The number of aliphatic hydroxyl groups is 1. The number of rotatable bonds is 8. The van der Waals surface area contributed by atoms with Crippen molar-refractivity contribution in [2.24, 2.45) is 5.92 Å². The standard InChI is InChI=1S/C28H32N2O3.ClH/c1-20-6-4-7-23(16-20)32-18-21-12-14-30(15-13-21)17-22(31)19-33-27-11-5-10-26-28(27)24-8-2-3-9-25(24)29-26;/h2-11,16,21-22,29,31H,12-15,17-19H2,1H3;1H. The zero-order valence-corrected chi connectivity index (χ0v) is 20.4. The number of nitrogens with zero attached hydrogens (tertiary/aromatic N) is 1. The Labute approximate surface area is 207 Å². The van der Waals surface area contributed by atoms with E-state index in [-0.39, 0.29) is 19.0 Å². The minimum atomic E-state index is -0.523. The number of fused-ring (bicyclic) bond motifs is 3. The number of likely N-dealkylation sites (tertiary alicyclic amines) is 1. The number of piperidine rings is 1. The lowest BCUT2D eigenvalue weighted by molar-refractivity contribution is 0.0507. The molecule has 1 aliphatic heterocycles. The summed E-state index contributed by atoms with van der Waals surface area (Å²) in [7, 11) is 0. The molecule has 3 aromatic carbocycles. The van der Waals surface area contributed by atoms with E-state index in [9.17, 15) is 5.11 Å². The molecule has 1 aliphatic rings. The van der Waals surface area contributed by atoms with E-state index < -0.39 is 6.10 Å². The number of para-hydroxylation sites is 1. The van der Waals surface area contributed by atoms with Crippen LogP contribution in [-0.2, 0) is 0 Å². The Kier molecular flexibility index (Phi) is 7.99. The quantitative estimate of drug-likeness (QED) is 0.345. The minimum Gasteiger partial charge on any atom is -0.493 e. The molecule has 2 heterocycles. The smallest absolute Gasteiger partial charge is 0.129 e. The predicted octanol–water partition coefficient (Wildman–Crippen LogP) is 5.58. The summed E-state index contributed by atoms with van der Waals surface area (Å²) < 4.78 is 12.1. The van der Waals surface area contributed by atoms with Crippen LogP contribution in [0.2, 0.25) is 0 Å². The lowest BCUT2D eigenvalue weighted by Gasteiger charge is -2.33. The van der Waals surface area contributed by atoms with E-state index >= 15 is 0 Å². The maximum atomic E-state index is 10.6. The van der Waals surface area contributed by atoms with Crippen molar-refractivity contribution in [1.82, 2.24) is 9.88 Å². The van der Waals surface area contributed by atoms with E-state index in [2.05, 4.69) is 47.1 Å². The number of hydrogen-bond acceptors (Lipinski definition) is 4. The fourth-order valence-corrected chi connectivity index (χ4v) is 4.78. The average molecular weight is 481 g/mol. The van der Waals surface area contributed by atoms with Crippen molar-refractivity contribution in [3.63, 3.8) is 0 Å². The largest absolute Gasteiger partial charge is 0.493 e. The molecule has 1 atom stereocenters. The summed E-state index contributed by atoms with van der Waals surface area (Å²) in [4.78, 5) is 5.78. The zero-order valence-electron chi connectivity index (χ0n) is 19.6. The summed E-state index contributed by atoms with van der Waals surface area (Å²) in [5, 5.41) is 12.9. The van der Waals surface area contributed by atoms with E-state index in [1.807, 2.05) is 36.4 Å². The second kappa shape index (κ2) is 11.1. The Bertz CT molecular complexity index is 1220. The molecule has 5 rings (SSSR count). The van der Waals surface area contributed by atoms with Gasteiger partial charge in [0, 0.05) is 22.8 Å². The fourth-order valence-electron chi connectivity index (χ4n) is 4.78. The Morgan fingerprint density at radius 2 is 1.74 bits per heavy atom. The van der Waals surface area contributed by atoms with Crippen LogP contribution in [0.1, 0.15) is 18.4 Å². The lowest BCUT2D eigenvalue weighted by atomic mass is 9.97. The lowest BCUT2D eigenvalue weighted by Crippen LogP contribution is -2.41. The number of halogens is 1. The third-order valence-corrected chi connectivity index (χ3v) is 6.57. The topological polar surface area (TPSA) is 57.7 Å². The van der Waals surface area contributed by atoms with Gasteiger partial charge in [-0.25, -0.2) is 0 Å². The molecule has 1 fully saturated rings. The molecule has 1 unspecified atom stereocenters. The Morgan fingerprint density at radius 3 is 2.56 bits per heavy atom. The van der Waals surface area contributed by atoms with E-state index in [4.69, 9.17) is 9.47 Å². The predicted molar refractivity (Wildman–Crippen MR) is 140 cm³/mol. The first-order chi connectivity index (χ1) is 16.2. The number of H-pyrrole nitrogens is 1. The van der Waals surface area contributed by atoms with Crippen molar-refractivity contribution in [3.8, 4) is 11.5 Å². The van der Waals surface area contributed by atoms with Gasteiger partial charge in [0.05, 0.1) is 12.1 Å². The van der Waals surface area contributed by atoms with Gasteiger partial charge in [-0.15, -0.1) is 12.4 Å². The summed E-state index contributed by atoms with van der Waals surface area (Å²) in [6.07, 6.45) is 1.66. The molecule has 1 saturated heterocycles. The summed E-state index contributed by atoms with van der Waals surface area (Å²) in [6.45, 7) is 5.73. The van der Waals surface area contributed by atoms with E-state index in [0.717, 1.165) is 65.8 Å². The summed E-state index contributed by atoms with van der Waals surface area (Å²) in [6, 6.07) is 22.5. The van der Waals surface area contributed by atoms with Gasteiger partial charge < -0.3 is 24.5 Å². The van der Waals surface area contributed by atoms with Gasteiger partial charge in [0.25, 0.3) is 0 Å². The maximum absolute atomic E-state index is 10.6. The highest BCUT2D eigenvalue weighted by Gasteiger charge is 2.22. The van der Waals surface area contributed by atoms with Crippen LogP contribution in [0, 0.1) is 12.8 Å². The highest BCUT2D eigenvalue weighted by atomic mass is 35.5. The number of aliphatic hydroxyl groups excluding tert-OH is 1. The summed E-state index contributed by atoms with van der Waals surface area (Å²) in [5.74, 6) is 2.33. The molecule has 0 spiro atoms. The molecule has 1 aromatic heterocycles. The molecule has 0 amide bonds. The molecule has 0 saturated carbocycles. The van der Waals surface area contributed by atoms with Crippen LogP contribution in [0.5, 0.6) is 11.5 Å². The first kappa shape index (κ1) is 24.4. The van der Waals surface area contributed by atoms with Gasteiger partial charge in [-0.3, -0.25) is 0 Å². The number of aryl methyl sites for hydroxylation is 1. The van der Waals surface area contributed by atoms with E-state index in [1.165, 1.54) is 5.56 Å². The maximum Gasteiger partial charge on any atom is 0.129 e. The third-order valence-electron chi connectivity index (χ3n) is 6.57. The van der Waals surface area contributed by atoms with Crippen LogP contribution < -0.4 is 9.47 Å². The van der Waals surface area contributed by atoms with Crippen molar-refractivity contribution < 1.29 is 14.6 Å². The number of nitrogens with one attached hydrogen (secondary N) is 1. The van der Waals surface area contributed by atoms with Gasteiger partial charge in [0.2, 0.25) is 0 Å². The van der Waals surface area contributed by atoms with Crippen LogP contribution in [0.4, 0.5) is 0 Å². The van der Waals surface area contributed by atoms with Crippen molar-refractivity contribution in [2.75, 3.05) is 32.8 Å². The highest BCUT2D eigenvalue weighted by molar-refractivity contribution is 6.10. The van der Waals surface area contributed by atoms with Crippen LogP contribution in [-0.4, -0.2) is 53.9 Å². The number of aromatic nitrogens is 1. The zero-order chi connectivity index (χ0) is 22.6. The summed E-state index contributed by atoms with van der Waals surface area (Å²) in [5.41, 5.74) is 3.37. The molecule has 5 nitrogen and oxygen atoms in total. The van der Waals surface area contributed by atoms with Crippen LogP contribution in [0.3, 0.4) is 0 Å². The monoisotopic (exact) mass is 480 g/mol. The Balaban J connectivity index is 0.00000274. The summed E-state index contributed by atoms with van der Waals surface area (Å²) >= 11 is 0. The Morgan fingerprint density at radius 1 is 0.971 bits per heavy atom. The molecule has 2 N–H and O–H groups in total. The van der Waals surface area contributed by atoms with Crippen molar-refractivity contribution >= 4 is 34.2 Å². The number of aromatic amines is 1.